The van der Waals surface area contributed by atoms with Crippen LogP contribution in [0.4, 0.5) is 0 Å². The van der Waals surface area contributed by atoms with E-state index in [0.717, 1.165) is 53.4 Å². The van der Waals surface area contributed by atoms with E-state index in [1.54, 1.807) is 0 Å². The quantitative estimate of drug-likeness (QED) is 0.700. The van der Waals surface area contributed by atoms with Gasteiger partial charge in [-0.15, -0.1) is 0 Å². The number of carbonyl (C=O) groups is 1. The van der Waals surface area contributed by atoms with Crippen LogP contribution in [0.25, 0.3) is 0 Å². The van der Waals surface area contributed by atoms with Crippen molar-refractivity contribution in [3.05, 3.63) is 70.3 Å². The van der Waals surface area contributed by atoms with E-state index < -0.39 is 0 Å². The Morgan fingerprint density at radius 2 is 1.68 bits per heavy atom. The van der Waals surface area contributed by atoms with E-state index in [0.29, 0.717) is 6.54 Å². The molecule has 28 heavy (non-hydrogen) atoms. The van der Waals surface area contributed by atoms with Gasteiger partial charge >= 0.3 is 0 Å². The Kier molecular flexibility index (Phi) is 4.79. The van der Waals surface area contributed by atoms with Gasteiger partial charge in [-0.05, 0) is 63.9 Å². The highest BCUT2D eigenvalue weighted by Gasteiger charge is 2.29. The van der Waals surface area contributed by atoms with Gasteiger partial charge in [-0.1, -0.05) is 12.1 Å². The molecule has 0 aliphatic carbocycles. The van der Waals surface area contributed by atoms with Gasteiger partial charge in [-0.2, -0.15) is 10.2 Å². The normalized spacial score (nSPS) is 16.7. The van der Waals surface area contributed by atoms with E-state index in [2.05, 4.69) is 40.9 Å². The summed E-state index contributed by atoms with van der Waals surface area (Å²) in [5.41, 5.74) is 6.24. The largest absolute Gasteiger partial charge is 0.336 e. The fourth-order valence-electron chi connectivity index (χ4n) is 4.08. The molecule has 6 heteroatoms. The van der Waals surface area contributed by atoms with E-state index in [4.69, 9.17) is 0 Å². The van der Waals surface area contributed by atoms with Crippen LogP contribution in [0.1, 0.15) is 51.2 Å². The lowest BCUT2D eigenvalue weighted by atomic mass is 10.1. The average Bonchev–Trinajstić information content (AvgIpc) is 3.34. The summed E-state index contributed by atoms with van der Waals surface area (Å²) in [5.74, 6) is 0.0988. The van der Waals surface area contributed by atoms with Gasteiger partial charge in [-0.3, -0.25) is 14.2 Å². The van der Waals surface area contributed by atoms with Crippen molar-refractivity contribution in [1.29, 1.82) is 0 Å². The standard InChI is InChI=1S/C22H27N5O/c1-15-11-17(3)26(23-15)13-19-5-7-20(8-6-19)22(28)25-10-9-21(14-25)27-18(4)12-16(2)24-27/h5-8,11-12,21H,9-10,13-14H2,1-4H3/t21-/m0/s1. The fraction of sp³-hybridized carbons (Fsp3) is 0.409. The van der Waals surface area contributed by atoms with E-state index in [1.165, 1.54) is 0 Å². The summed E-state index contributed by atoms with van der Waals surface area (Å²) in [6.45, 7) is 10.4. The topological polar surface area (TPSA) is 56.0 Å². The second-order valence-corrected chi connectivity index (χ2v) is 7.85. The number of aromatic nitrogens is 4. The van der Waals surface area contributed by atoms with Gasteiger partial charge in [0.1, 0.15) is 0 Å². The summed E-state index contributed by atoms with van der Waals surface area (Å²) in [6, 6.07) is 12.3. The van der Waals surface area contributed by atoms with Gasteiger partial charge in [0.2, 0.25) is 0 Å². The molecule has 2 aromatic heterocycles. The summed E-state index contributed by atoms with van der Waals surface area (Å²) in [7, 11) is 0. The molecule has 0 spiro atoms. The van der Waals surface area contributed by atoms with Crippen LogP contribution >= 0.6 is 0 Å². The van der Waals surface area contributed by atoms with E-state index in [1.807, 2.05) is 47.7 Å². The molecule has 0 radical (unpaired) electrons. The minimum Gasteiger partial charge on any atom is -0.336 e. The number of hydrogen-bond donors (Lipinski definition) is 0. The van der Waals surface area contributed by atoms with Crippen LogP contribution in [0.15, 0.2) is 36.4 Å². The molecule has 1 amide bonds. The van der Waals surface area contributed by atoms with Crippen LogP contribution in [0.2, 0.25) is 0 Å². The van der Waals surface area contributed by atoms with Crippen molar-refractivity contribution >= 4 is 5.91 Å². The average molecular weight is 377 g/mol. The Labute approximate surface area is 165 Å². The summed E-state index contributed by atoms with van der Waals surface area (Å²) < 4.78 is 4.06. The van der Waals surface area contributed by atoms with Gasteiger partial charge < -0.3 is 4.90 Å². The number of carbonyl (C=O) groups excluding carboxylic acids is 1. The Morgan fingerprint density at radius 3 is 2.29 bits per heavy atom. The first-order valence-corrected chi connectivity index (χ1v) is 9.83. The van der Waals surface area contributed by atoms with Crippen molar-refractivity contribution < 1.29 is 4.79 Å². The van der Waals surface area contributed by atoms with E-state index in [9.17, 15) is 4.79 Å². The molecule has 6 nitrogen and oxygen atoms in total. The van der Waals surface area contributed by atoms with Gasteiger partial charge in [-0.25, -0.2) is 0 Å². The van der Waals surface area contributed by atoms with Crippen molar-refractivity contribution in [2.75, 3.05) is 13.1 Å². The predicted octanol–water partition coefficient (Wildman–Crippen LogP) is 3.45. The molecule has 1 aliphatic rings. The highest BCUT2D eigenvalue weighted by molar-refractivity contribution is 5.94. The molecule has 146 valence electrons. The second-order valence-electron chi connectivity index (χ2n) is 7.85. The van der Waals surface area contributed by atoms with Gasteiger partial charge in [0.25, 0.3) is 5.91 Å². The molecule has 0 saturated carbocycles. The minimum atomic E-state index is 0.0988. The molecular weight excluding hydrogens is 350 g/mol. The summed E-state index contributed by atoms with van der Waals surface area (Å²) in [6.07, 6.45) is 0.948. The molecule has 3 heterocycles. The zero-order chi connectivity index (χ0) is 19.8. The van der Waals surface area contributed by atoms with Crippen LogP contribution in [-0.2, 0) is 6.54 Å². The first kappa shape index (κ1) is 18.5. The number of rotatable bonds is 4. The third-order valence-electron chi connectivity index (χ3n) is 5.48. The summed E-state index contributed by atoms with van der Waals surface area (Å²) in [5, 5.41) is 9.09. The summed E-state index contributed by atoms with van der Waals surface area (Å²) in [4.78, 5) is 14.9. The van der Waals surface area contributed by atoms with Crippen LogP contribution in [0.3, 0.4) is 0 Å². The summed E-state index contributed by atoms with van der Waals surface area (Å²) >= 11 is 0. The Morgan fingerprint density at radius 1 is 1.00 bits per heavy atom. The van der Waals surface area contributed by atoms with Crippen molar-refractivity contribution in [3.8, 4) is 0 Å². The van der Waals surface area contributed by atoms with E-state index in [-0.39, 0.29) is 11.9 Å². The van der Waals surface area contributed by atoms with Crippen LogP contribution in [0, 0.1) is 27.7 Å². The zero-order valence-electron chi connectivity index (χ0n) is 17.0. The number of amides is 1. The lowest BCUT2D eigenvalue weighted by molar-refractivity contribution is 0.0787. The predicted molar refractivity (Wildman–Crippen MR) is 109 cm³/mol. The molecule has 1 atom stereocenters. The molecule has 1 fully saturated rings. The van der Waals surface area contributed by atoms with Crippen LogP contribution in [-0.4, -0.2) is 43.5 Å². The third kappa shape index (κ3) is 3.59. The number of benzene rings is 1. The first-order chi connectivity index (χ1) is 13.4. The molecule has 1 saturated heterocycles. The van der Waals surface area contributed by atoms with Gasteiger partial charge in [0.05, 0.1) is 24.0 Å². The maximum Gasteiger partial charge on any atom is 0.253 e. The van der Waals surface area contributed by atoms with Crippen LogP contribution in [0.5, 0.6) is 0 Å². The van der Waals surface area contributed by atoms with Crippen molar-refractivity contribution in [2.45, 2.75) is 46.7 Å². The molecule has 4 rings (SSSR count). The lowest BCUT2D eigenvalue weighted by Crippen LogP contribution is -2.29. The maximum absolute atomic E-state index is 12.9. The molecule has 0 unspecified atom stereocenters. The maximum atomic E-state index is 12.9. The first-order valence-electron chi connectivity index (χ1n) is 9.83. The Balaban J connectivity index is 1.42. The fourth-order valence-corrected chi connectivity index (χ4v) is 4.08. The second kappa shape index (κ2) is 7.26. The smallest absolute Gasteiger partial charge is 0.253 e. The lowest BCUT2D eigenvalue weighted by Gasteiger charge is -2.18. The number of hydrogen-bond acceptors (Lipinski definition) is 3. The minimum absolute atomic E-state index is 0.0988. The van der Waals surface area contributed by atoms with Gasteiger partial charge in [0.15, 0.2) is 0 Å². The molecular formula is C22H27N5O. The highest BCUT2D eigenvalue weighted by atomic mass is 16.2. The molecule has 3 aromatic rings. The molecule has 1 aromatic carbocycles. The zero-order valence-corrected chi connectivity index (χ0v) is 17.0. The van der Waals surface area contributed by atoms with Crippen molar-refractivity contribution in [3.63, 3.8) is 0 Å². The monoisotopic (exact) mass is 377 g/mol. The molecule has 0 N–H and O–H groups in total. The third-order valence-corrected chi connectivity index (χ3v) is 5.48. The molecule has 0 bridgehead atoms. The van der Waals surface area contributed by atoms with E-state index >= 15 is 0 Å². The van der Waals surface area contributed by atoms with Crippen LogP contribution < -0.4 is 0 Å². The number of nitrogens with zero attached hydrogens (tertiary/aromatic N) is 5. The SMILES string of the molecule is Cc1cc(C)n(Cc2ccc(C(=O)N3CC[C@H](n4nc(C)cc4C)C3)cc2)n1. The van der Waals surface area contributed by atoms with Crippen molar-refractivity contribution in [2.24, 2.45) is 0 Å². The molecule has 1 aliphatic heterocycles. The number of aryl methyl sites for hydroxylation is 4. The Hall–Kier alpha value is -2.89. The van der Waals surface area contributed by atoms with Crippen molar-refractivity contribution in [1.82, 2.24) is 24.5 Å². The highest BCUT2D eigenvalue weighted by Crippen LogP contribution is 2.24. The Bertz CT molecular complexity index is 999. The van der Waals surface area contributed by atoms with Gasteiger partial charge in [0, 0.05) is 30.0 Å². The number of likely N-dealkylation sites (tertiary alicyclic amines) is 1.